The third-order valence-corrected chi connectivity index (χ3v) is 1.78. The number of nitrogens with two attached hydrogens (primary N) is 1. The molecular formula is C9H15N3. The number of hydrogen-bond acceptors (Lipinski definition) is 3. The number of anilines is 1. The molecule has 0 unspecified atom stereocenters. The fourth-order valence-electron chi connectivity index (χ4n) is 0.976. The van der Waals surface area contributed by atoms with E-state index in [2.05, 4.69) is 5.43 Å². The van der Waals surface area contributed by atoms with Gasteiger partial charge in [0.05, 0.1) is 0 Å². The van der Waals surface area contributed by atoms with Gasteiger partial charge in [0, 0.05) is 19.3 Å². The van der Waals surface area contributed by atoms with Gasteiger partial charge in [-0.25, -0.2) is 5.01 Å². The van der Waals surface area contributed by atoms with Gasteiger partial charge in [0.15, 0.2) is 0 Å². The summed E-state index contributed by atoms with van der Waals surface area (Å²) in [6.45, 7) is 0.886. The van der Waals surface area contributed by atoms with Gasteiger partial charge in [0.1, 0.15) is 0 Å². The van der Waals surface area contributed by atoms with Crippen LogP contribution in [0, 0.1) is 0 Å². The molecule has 0 aliphatic heterocycles. The van der Waals surface area contributed by atoms with E-state index in [1.807, 2.05) is 43.4 Å². The summed E-state index contributed by atoms with van der Waals surface area (Å²) in [4.78, 5) is 0. The lowest BCUT2D eigenvalue weighted by Crippen LogP contribution is -2.29. The molecule has 0 radical (unpaired) electrons. The van der Waals surface area contributed by atoms with Crippen molar-refractivity contribution in [3.05, 3.63) is 29.8 Å². The Morgan fingerprint density at radius 2 is 1.92 bits per heavy atom. The fraction of sp³-hybridized carbons (Fsp3) is 0.333. The highest BCUT2D eigenvalue weighted by Gasteiger charge is 1.95. The molecule has 66 valence electrons. The molecule has 12 heavy (non-hydrogen) atoms. The van der Waals surface area contributed by atoms with Gasteiger partial charge in [0.2, 0.25) is 0 Å². The first-order valence-corrected chi connectivity index (χ1v) is 3.95. The summed E-state index contributed by atoms with van der Waals surface area (Å²) in [7, 11) is 3.90. The van der Waals surface area contributed by atoms with Gasteiger partial charge in [-0.1, -0.05) is 12.1 Å². The van der Waals surface area contributed by atoms with E-state index in [1.165, 1.54) is 5.56 Å². The molecule has 0 heterocycles. The molecule has 3 N–H and O–H groups in total. The molecule has 0 aliphatic rings. The fourth-order valence-corrected chi connectivity index (χ4v) is 0.976. The zero-order chi connectivity index (χ0) is 8.97. The number of rotatable bonds is 3. The molecule has 0 saturated carbocycles. The van der Waals surface area contributed by atoms with E-state index in [0.29, 0.717) is 0 Å². The monoisotopic (exact) mass is 165 g/mol. The molecule has 0 saturated heterocycles. The summed E-state index contributed by atoms with van der Waals surface area (Å²) in [6, 6.07) is 7.89. The van der Waals surface area contributed by atoms with Crippen LogP contribution in [-0.2, 0) is 6.54 Å². The Hall–Kier alpha value is -1.06. The van der Waals surface area contributed by atoms with Crippen LogP contribution in [0.1, 0.15) is 5.56 Å². The zero-order valence-corrected chi connectivity index (χ0v) is 7.54. The average Bonchev–Trinajstić information content (AvgIpc) is 2.09. The van der Waals surface area contributed by atoms with E-state index in [4.69, 9.17) is 5.73 Å². The van der Waals surface area contributed by atoms with Gasteiger partial charge < -0.3 is 5.73 Å². The Labute approximate surface area is 73.1 Å². The van der Waals surface area contributed by atoms with Crippen LogP contribution in [0.5, 0.6) is 0 Å². The predicted molar refractivity (Wildman–Crippen MR) is 51.4 cm³/mol. The molecule has 0 aromatic heterocycles. The van der Waals surface area contributed by atoms with Crippen LogP contribution in [0.3, 0.4) is 0 Å². The second kappa shape index (κ2) is 4.09. The highest BCUT2D eigenvalue weighted by Crippen LogP contribution is 2.06. The highest BCUT2D eigenvalue weighted by atomic mass is 15.5. The molecule has 0 atom stereocenters. The van der Waals surface area contributed by atoms with Crippen LogP contribution >= 0.6 is 0 Å². The predicted octanol–water partition coefficient (Wildman–Crippen LogP) is 0.835. The Morgan fingerprint density at radius 3 is 2.42 bits per heavy atom. The number of hydrazine groups is 1. The normalized spacial score (nSPS) is 10.6. The van der Waals surface area contributed by atoms with Crippen molar-refractivity contribution >= 4 is 5.69 Å². The number of nitrogen functional groups attached to an aromatic ring is 1. The Balaban J connectivity index is 2.58. The van der Waals surface area contributed by atoms with Crippen molar-refractivity contribution in [1.29, 1.82) is 0 Å². The quantitative estimate of drug-likeness (QED) is 0.515. The van der Waals surface area contributed by atoms with E-state index >= 15 is 0 Å². The van der Waals surface area contributed by atoms with Gasteiger partial charge in [-0.2, -0.15) is 0 Å². The summed E-state index contributed by atoms with van der Waals surface area (Å²) in [6.07, 6.45) is 0. The van der Waals surface area contributed by atoms with Crippen LogP contribution in [0.4, 0.5) is 5.69 Å². The van der Waals surface area contributed by atoms with Gasteiger partial charge in [-0.05, 0) is 24.7 Å². The lowest BCUT2D eigenvalue weighted by atomic mass is 10.2. The van der Waals surface area contributed by atoms with Crippen LogP contribution in [0.2, 0.25) is 0 Å². The molecule has 1 aromatic rings. The van der Waals surface area contributed by atoms with Crippen molar-refractivity contribution in [2.45, 2.75) is 6.54 Å². The molecule has 3 nitrogen and oxygen atoms in total. The molecule has 3 heteroatoms. The molecule has 0 fully saturated rings. The van der Waals surface area contributed by atoms with Gasteiger partial charge in [0.25, 0.3) is 0 Å². The smallest absolute Gasteiger partial charge is 0.0378 e. The lowest BCUT2D eigenvalue weighted by molar-refractivity contribution is 0.251. The summed E-state index contributed by atoms with van der Waals surface area (Å²) in [5, 5.41) is 2.01. The first-order chi connectivity index (χ1) is 5.72. The standard InChI is InChI=1S/C9H15N3/c1-11-12(2)7-8-3-5-9(10)6-4-8/h3-6,11H,7,10H2,1-2H3. The topological polar surface area (TPSA) is 41.3 Å². The maximum Gasteiger partial charge on any atom is 0.0378 e. The van der Waals surface area contributed by atoms with E-state index in [1.54, 1.807) is 0 Å². The van der Waals surface area contributed by atoms with Crippen molar-refractivity contribution < 1.29 is 0 Å². The van der Waals surface area contributed by atoms with E-state index in [0.717, 1.165) is 12.2 Å². The van der Waals surface area contributed by atoms with Crippen molar-refractivity contribution in [2.75, 3.05) is 19.8 Å². The minimum Gasteiger partial charge on any atom is -0.399 e. The molecule has 0 aliphatic carbocycles. The van der Waals surface area contributed by atoms with E-state index < -0.39 is 0 Å². The van der Waals surface area contributed by atoms with Crippen molar-refractivity contribution in [1.82, 2.24) is 10.4 Å². The molecule has 0 spiro atoms. The first-order valence-electron chi connectivity index (χ1n) is 3.95. The summed E-state index contributed by atoms with van der Waals surface area (Å²) in [5.41, 5.74) is 10.7. The molecule has 1 aromatic carbocycles. The van der Waals surface area contributed by atoms with Crippen molar-refractivity contribution in [3.8, 4) is 0 Å². The molecule has 0 bridgehead atoms. The molecule has 0 amide bonds. The largest absolute Gasteiger partial charge is 0.399 e. The first kappa shape index (κ1) is 9.03. The van der Waals surface area contributed by atoms with Crippen molar-refractivity contribution in [3.63, 3.8) is 0 Å². The lowest BCUT2D eigenvalue weighted by Gasteiger charge is -2.14. The Bertz CT molecular complexity index is 230. The third-order valence-electron chi connectivity index (χ3n) is 1.78. The van der Waals surface area contributed by atoms with Gasteiger partial charge in [-0.15, -0.1) is 0 Å². The second-order valence-corrected chi connectivity index (χ2v) is 2.82. The zero-order valence-electron chi connectivity index (χ0n) is 7.54. The average molecular weight is 165 g/mol. The van der Waals surface area contributed by atoms with Crippen LogP contribution in [-0.4, -0.2) is 19.1 Å². The van der Waals surface area contributed by atoms with Crippen LogP contribution in [0.25, 0.3) is 0 Å². The van der Waals surface area contributed by atoms with E-state index in [-0.39, 0.29) is 0 Å². The van der Waals surface area contributed by atoms with E-state index in [9.17, 15) is 0 Å². The van der Waals surface area contributed by atoms with Crippen LogP contribution in [0.15, 0.2) is 24.3 Å². The molecular weight excluding hydrogens is 150 g/mol. The highest BCUT2D eigenvalue weighted by molar-refractivity contribution is 5.39. The number of hydrogen-bond donors (Lipinski definition) is 2. The Morgan fingerprint density at radius 1 is 1.33 bits per heavy atom. The molecule has 1 rings (SSSR count). The summed E-state index contributed by atoms with van der Waals surface area (Å²) in [5.74, 6) is 0. The minimum atomic E-state index is 0.811. The van der Waals surface area contributed by atoms with Crippen LogP contribution < -0.4 is 11.2 Å². The van der Waals surface area contributed by atoms with Crippen molar-refractivity contribution in [2.24, 2.45) is 0 Å². The van der Waals surface area contributed by atoms with Gasteiger partial charge >= 0.3 is 0 Å². The second-order valence-electron chi connectivity index (χ2n) is 2.82. The SMILES string of the molecule is CNN(C)Cc1ccc(N)cc1. The Kier molecular flexibility index (Phi) is 3.08. The van der Waals surface area contributed by atoms with Gasteiger partial charge in [-0.3, -0.25) is 5.43 Å². The summed E-state index contributed by atoms with van der Waals surface area (Å²) >= 11 is 0. The minimum absolute atomic E-state index is 0.811. The maximum atomic E-state index is 5.56. The number of nitrogens with zero attached hydrogens (tertiary/aromatic N) is 1. The third kappa shape index (κ3) is 2.53. The number of nitrogens with one attached hydrogen (secondary N) is 1. The number of benzene rings is 1. The maximum absolute atomic E-state index is 5.56. The summed E-state index contributed by atoms with van der Waals surface area (Å²) < 4.78 is 0.